The molecule has 0 aliphatic carbocycles. The normalized spacial score (nSPS) is 12.3. The van der Waals surface area contributed by atoms with Gasteiger partial charge in [-0.3, -0.25) is 4.79 Å². The Labute approximate surface area is 240 Å². The summed E-state index contributed by atoms with van der Waals surface area (Å²) in [5.74, 6) is -0.163. The van der Waals surface area contributed by atoms with E-state index in [1.54, 1.807) is 0 Å². The van der Waals surface area contributed by atoms with Crippen molar-refractivity contribution in [3.63, 3.8) is 0 Å². The van der Waals surface area contributed by atoms with Crippen molar-refractivity contribution in [2.24, 2.45) is 0 Å². The molecule has 34 heavy (non-hydrogen) atoms. The molecule has 0 spiro atoms. The molecule has 9 heteroatoms. The summed E-state index contributed by atoms with van der Waals surface area (Å²) >= 11 is 25.7. The van der Waals surface area contributed by atoms with Gasteiger partial charge in [-0.2, -0.15) is 0 Å². The van der Waals surface area contributed by atoms with Gasteiger partial charge in [0.05, 0.1) is 0 Å². The Balaban J connectivity index is 2.17. The first kappa shape index (κ1) is 32.0. The van der Waals surface area contributed by atoms with E-state index < -0.39 is 9.96 Å². The highest BCUT2D eigenvalue weighted by Crippen LogP contribution is 2.29. The molecule has 0 aliphatic rings. The lowest BCUT2D eigenvalue weighted by Crippen LogP contribution is -2.56. The molecular formula is C25H39Cl3IN3OS. The molecule has 1 aromatic carbocycles. The number of hydrogen-bond acceptors (Lipinski definition) is 2. The van der Waals surface area contributed by atoms with Crippen molar-refractivity contribution < 1.29 is 4.79 Å². The Morgan fingerprint density at radius 2 is 1.32 bits per heavy atom. The quantitative estimate of drug-likeness (QED) is 0.0513. The molecular weight excluding hydrogens is 624 g/mol. The van der Waals surface area contributed by atoms with E-state index in [4.69, 9.17) is 47.0 Å². The molecule has 0 saturated heterocycles. The predicted octanol–water partition coefficient (Wildman–Crippen LogP) is 8.87. The van der Waals surface area contributed by atoms with Crippen LogP contribution in [0.5, 0.6) is 0 Å². The second-order valence-corrected chi connectivity index (χ2v) is 12.7. The summed E-state index contributed by atoms with van der Waals surface area (Å²) in [4.78, 5) is 12.4. The monoisotopic (exact) mass is 661 g/mol. The average molecular weight is 663 g/mol. The van der Waals surface area contributed by atoms with E-state index in [0.29, 0.717) is 6.42 Å². The van der Waals surface area contributed by atoms with Crippen LogP contribution in [0.1, 0.15) is 96.8 Å². The smallest absolute Gasteiger partial charge is 0.228 e. The highest BCUT2D eigenvalue weighted by atomic mass is 127. The number of amides is 1. The van der Waals surface area contributed by atoms with Crippen LogP contribution in [-0.2, 0) is 4.79 Å². The topological polar surface area (TPSA) is 53.2 Å². The lowest BCUT2D eigenvalue weighted by Gasteiger charge is -2.27. The summed E-state index contributed by atoms with van der Waals surface area (Å²) < 4.78 is -0.634. The van der Waals surface area contributed by atoms with Crippen molar-refractivity contribution in [1.29, 1.82) is 0 Å². The van der Waals surface area contributed by atoms with Crippen LogP contribution >= 0.6 is 69.6 Å². The third kappa shape index (κ3) is 16.6. The molecule has 0 heterocycles. The minimum Gasteiger partial charge on any atom is -0.339 e. The summed E-state index contributed by atoms with van der Waals surface area (Å²) in [6, 6.07) is 7.70. The first-order valence-corrected chi connectivity index (χ1v) is 15.0. The number of thiocarbonyl (C=S) groups is 1. The van der Waals surface area contributed by atoms with Crippen LogP contribution in [0.2, 0.25) is 0 Å². The summed E-state index contributed by atoms with van der Waals surface area (Å²) in [6.45, 7) is 2.26. The zero-order chi connectivity index (χ0) is 25.2. The molecule has 0 radical (unpaired) electrons. The summed E-state index contributed by atoms with van der Waals surface area (Å²) in [7, 11) is 0. The van der Waals surface area contributed by atoms with E-state index in [2.05, 4.69) is 45.5 Å². The predicted molar refractivity (Wildman–Crippen MR) is 161 cm³/mol. The summed E-state index contributed by atoms with van der Waals surface area (Å²) in [6.07, 6.45) is 15.9. The van der Waals surface area contributed by atoms with Gasteiger partial charge in [0.1, 0.15) is 6.17 Å². The molecule has 0 aliphatic heterocycles. The lowest BCUT2D eigenvalue weighted by atomic mass is 10.0. The van der Waals surface area contributed by atoms with Crippen molar-refractivity contribution in [2.45, 2.75) is 107 Å². The molecule has 1 aromatic rings. The van der Waals surface area contributed by atoms with Crippen molar-refractivity contribution in [1.82, 2.24) is 10.6 Å². The fourth-order valence-electron chi connectivity index (χ4n) is 3.57. The van der Waals surface area contributed by atoms with E-state index in [-0.39, 0.29) is 11.0 Å². The van der Waals surface area contributed by atoms with Gasteiger partial charge in [-0.05, 0) is 65.5 Å². The zero-order valence-electron chi connectivity index (χ0n) is 20.1. The van der Waals surface area contributed by atoms with Crippen LogP contribution in [0.15, 0.2) is 24.3 Å². The Morgan fingerprint density at radius 1 is 0.853 bits per heavy atom. The minimum absolute atomic E-state index is 0.163. The third-order valence-corrected chi connectivity index (χ3v) is 7.11. The third-order valence-electron chi connectivity index (χ3n) is 5.52. The molecule has 194 valence electrons. The zero-order valence-corrected chi connectivity index (χ0v) is 25.4. The highest BCUT2D eigenvalue weighted by Gasteiger charge is 2.34. The standard InChI is InChI=1S/C25H39Cl3IN3OS/c1-2-3-4-5-6-7-8-9-10-11-12-13-14-15-22(33)31-23(25(26,27)28)32-24(34)30-21-18-16-20(29)17-19-21/h16-19,23H,2-15H2,1H3,(H,31,33)(H2,30,32,34)/t23-/m0/s1. The van der Waals surface area contributed by atoms with Crippen molar-refractivity contribution >= 4 is 86.3 Å². The van der Waals surface area contributed by atoms with Gasteiger partial charge < -0.3 is 16.0 Å². The second kappa shape index (κ2) is 19.1. The fourth-order valence-corrected chi connectivity index (χ4v) is 4.49. The lowest BCUT2D eigenvalue weighted by molar-refractivity contribution is -0.122. The van der Waals surface area contributed by atoms with Gasteiger partial charge in [0.2, 0.25) is 9.70 Å². The van der Waals surface area contributed by atoms with Gasteiger partial charge in [0.15, 0.2) is 5.11 Å². The van der Waals surface area contributed by atoms with Crippen LogP contribution in [0.3, 0.4) is 0 Å². The maximum atomic E-state index is 12.4. The van der Waals surface area contributed by atoms with Gasteiger partial charge in [0, 0.05) is 15.7 Å². The Morgan fingerprint density at radius 3 is 1.79 bits per heavy atom. The first-order valence-electron chi connectivity index (χ1n) is 12.4. The number of unbranched alkanes of at least 4 members (excludes halogenated alkanes) is 12. The molecule has 4 nitrogen and oxygen atoms in total. The maximum Gasteiger partial charge on any atom is 0.228 e. The SMILES string of the molecule is CCCCCCCCCCCCCCCC(=O)N[C@@H](NC(=S)Nc1ccc(I)cc1)C(Cl)(Cl)Cl. The molecule has 0 unspecified atom stereocenters. The molecule has 0 bridgehead atoms. The molecule has 1 rings (SSSR count). The molecule has 0 aromatic heterocycles. The van der Waals surface area contributed by atoms with Crippen molar-refractivity contribution in [2.75, 3.05) is 5.32 Å². The van der Waals surface area contributed by atoms with E-state index in [1.165, 1.54) is 64.2 Å². The van der Waals surface area contributed by atoms with E-state index in [1.807, 2.05) is 24.3 Å². The number of alkyl halides is 3. The number of hydrogen-bond donors (Lipinski definition) is 3. The number of anilines is 1. The average Bonchev–Trinajstić information content (AvgIpc) is 2.77. The van der Waals surface area contributed by atoms with E-state index in [0.717, 1.165) is 28.5 Å². The fraction of sp³-hybridized carbons (Fsp3) is 0.680. The highest BCUT2D eigenvalue weighted by molar-refractivity contribution is 14.1. The number of carbonyl (C=O) groups excluding carboxylic acids is 1. The Kier molecular flexibility index (Phi) is 18.0. The number of carbonyl (C=O) groups is 1. The van der Waals surface area contributed by atoms with Crippen LogP contribution in [0.25, 0.3) is 0 Å². The molecule has 0 saturated carbocycles. The molecule has 3 N–H and O–H groups in total. The second-order valence-electron chi connectivity index (χ2n) is 8.64. The van der Waals surface area contributed by atoms with Gasteiger partial charge in [-0.25, -0.2) is 0 Å². The summed E-state index contributed by atoms with van der Waals surface area (Å²) in [5.41, 5.74) is 0.805. The van der Waals surface area contributed by atoms with Gasteiger partial charge in [0.25, 0.3) is 0 Å². The number of rotatable bonds is 17. The number of halogens is 4. The van der Waals surface area contributed by atoms with Crippen LogP contribution in [0, 0.1) is 3.57 Å². The summed E-state index contributed by atoms with van der Waals surface area (Å²) in [5, 5.41) is 8.94. The van der Waals surface area contributed by atoms with Gasteiger partial charge >= 0.3 is 0 Å². The van der Waals surface area contributed by atoms with E-state index in [9.17, 15) is 4.79 Å². The Hall–Kier alpha value is -0.0200. The number of nitrogens with one attached hydrogen (secondary N) is 3. The first-order chi connectivity index (χ1) is 16.2. The minimum atomic E-state index is -1.75. The van der Waals surface area contributed by atoms with Crippen LogP contribution < -0.4 is 16.0 Å². The van der Waals surface area contributed by atoms with Crippen LogP contribution in [-0.4, -0.2) is 21.0 Å². The maximum absolute atomic E-state index is 12.4. The largest absolute Gasteiger partial charge is 0.339 e. The Bertz CT molecular complexity index is 702. The van der Waals surface area contributed by atoms with Crippen molar-refractivity contribution in [3.05, 3.63) is 27.8 Å². The van der Waals surface area contributed by atoms with E-state index >= 15 is 0 Å². The molecule has 1 amide bonds. The van der Waals surface area contributed by atoms with Gasteiger partial charge in [-0.15, -0.1) is 0 Å². The number of benzene rings is 1. The van der Waals surface area contributed by atoms with Crippen LogP contribution in [0.4, 0.5) is 5.69 Å². The van der Waals surface area contributed by atoms with Crippen molar-refractivity contribution in [3.8, 4) is 0 Å². The van der Waals surface area contributed by atoms with Gasteiger partial charge in [-0.1, -0.05) is 119 Å². The molecule has 1 atom stereocenters. The molecule has 0 fully saturated rings.